The van der Waals surface area contributed by atoms with Gasteiger partial charge in [-0.1, -0.05) is 12.1 Å². The first-order valence-electron chi connectivity index (χ1n) is 8.20. The smallest absolute Gasteiger partial charge is 0.123 e. The highest BCUT2D eigenvalue weighted by atomic mass is 19.1. The molecule has 0 aliphatic rings. The van der Waals surface area contributed by atoms with Crippen molar-refractivity contribution in [2.75, 3.05) is 27.2 Å². The van der Waals surface area contributed by atoms with Gasteiger partial charge < -0.3 is 15.3 Å². The van der Waals surface area contributed by atoms with Gasteiger partial charge in [0.2, 0.25) is 0 Å². The molecule has 0 spiro atoms. The van der Waals surface area contributed by atoms with Gasteiger partial charge in [-0.05, 0) is 45.6 Å². The summed E-state index contributed by atoms with van der Waals surface area (Å²) in [5.74, 6) is -0.216. The highest BCUT2D eigenvalue weighted by Gasteiger charge is 2.15. The molecule has 2 aromatic rings. The summed E-state index contributed by atoms with van der Waals surface area (Å²) in [6.07, 6.45) is 0. The van der Waals surface area contributed by atoms with E-state index >= 15 is 0 Å². The van der Waals surface area contributed by atoms with Crippen LogP contribution in [0.4, 0.5) is 4.39 Å². The Morgan fingerprint density at radius 2 is 1.92 bits per heavy atom. The first-order chi connectivity index (χ1) is 11.4. The Kier molecular flexibility index (Phi) is 6.48. The number of aromatic nitrogens is 2. The third kappa shape index (κ3) is 4.41. The summed E-state index contributed by atoms with van der Waals surface area (Å²) in [4.78, 5) is 2.12. The molecule has 0 unspecified atom stereocenters. The highest BCUT2D eigenvalue weighted by molar-refractivity contribution is 5.25. The maximum Gasteiger partial charge on any atom is 0.123 e. The second kappa shape index (κ2) is 8.37. The second-order valence-electron chi connectivity index (χ2n) is 6.26. The molecule has 2 N–H and O–H groups in total. The Hall–Kier alpha value is -1.76. The Balaban J connectivity index is 2.02. The van der Waals surface area contributed by atoms with Crippen LogP contribution in [0.1, 0.15) is 28.6 Å². The lowest BCUT2D eigenvalue weighted by Crippen LogP contribution is -2.31. The normalized spacial score (nSPS) is 12.8. The predicted molar refractivity (Wildman–Crippen MR) is 93.3 cm³/mol. The lowest BCUT2D eigenvalue weighted by molar-refractivity contribution is 0.267. The van der Waals surface area contributed by atoms with E-state index in [1.807, 2.05) is 44.8 Å². The molecule has 0 bridgehead atoms. The zero-order chi connectivity index (χ0) is 17.7. The maximum absolute atomic E-state index is 13.1. The minimum Gasteiger partial charge on any atom is -0.394 e. The van der Waals surface area contributed by atoms with Gasteiger partial charge >= 0.3 is 0 Å². The number of halogens is 1. The molecule has 5 nitrogen and oxygen atoms in total. The standard InChI is InChI=1S/C18H27FN4O/c1-13-17(14(2)23(21-13)9-10-24)11-20-12-18(22(3)4)15-5-7-16(19)8-6-15/h5-8,18,20,24H,9-12H2,1-4H3/t18-/m0/s1. The van der Waals surface area contributed by atoms with Gasteiger partial charge in [0.25, 0.3) is 0 Å². The number of nitrogens with one attached hydrogen (secondary N) is 1. The number of aliphatic hydroxyl groups excluding tert-OH is 1. The van der Waals surface area contributed by atoms with Crippen molar-refractivity contribution in [3.05, 3.63) is 52.6 Å². The van der Waals surface area contributed by atoms with E-state index in [-0.39, 0.29) is 18.5 Å². The molecule has 0 saturated carbocycles. The topological polar surface area (TPSA) is 53.3 Å². The molecular weight excluding hydrogens is 307 g/mol. The minimum atomic E-state index is -0.216. The second-order valence-corrected chi connectivity index (χ2v) is 6.26. The van der Waals surface area contributed by atoms with E-state index in [0.29, 0.717) is 13.1 Å². The molecule has 24 heavy (non-hydrogen) atoms. The summed E-state index contributed by atoms with van der Waals surface area (Å²) in [6, 6.07) is 6.83. The largest absolute Gasteiger partial charge is 0.394 e. The molecule has 0 amide bonds. The number of nitrogens with zero attached hydrogens (tertiary/aromatic N) is 3. The molecule has 1 heterocycles. The van der Waals surface area contributed by atoms with Crippen LogP contribution in [0.25, 0.3) is 0 Å². The lowest BCUT2D eigenvalue weighted by atomic mass is 10.1. The number of rotatable bonds is 8. The van der Waals surface area contributed by atoms with Crippen molar-refractivity contribution < 1.29 is 9.50 Å². The Bertz CT molecular complexity index is 652. The highest BCUT2D eigenvalue weighted by Crippen LogP contribution is 2.19. The van der Waals surface area contributed by atoms with Crippen molar-refractivity contribution in [3.63, 3.8) is 0 Å². The van der Waals surface area contributed by atoms with Gasteiger partial charge in [0.05, 0.1) is 18.8 Å². The van der Waals surface area contributed by atoms with E-state index in [1.165, 1.54) is 17.7 Å². The zero-order valence-corrected chi connectivity index (χ0v) is 14.9. The molecule has 2 rings (SSSR count). The Morgan fingerprint density at radius 1 is 1.25 bits per heavy atom. The van der Waals surface area contributed by atoms with E-state index in [2.05, 4.69) is 15.3 Å². The third-order valence-electron chi connectivity index (χ3n) is 4.36. The summed E-state index contributed by atoms with van der Waals surface area (Å²) in [7, 11) is 4.04. The number of likely N-dealkylation sites (N-methyl/N-ethyl adjacent to an activating group) is 1. The van der Waals surface area contributed by atoms with Crippen LogP contribution in [0.3, 0.4) is 0 Å². The lowest BCUT2D eigenvalue weighted by Gasteiger charge is -2.25. The molecule has 0 aliphatic carbocycles. The van der Waals surface area contributed by atoms with Crippen molar-refractivity contribution in [1.29, 1.82) is 0 Å². The van der Waals surface area contributed by atoms with Crippen LogP contribution in [-0.4, -0.2) is 47.0 Å². The molecule has 132 valence electrons. The van der Waals surface area contributed by atoms with Gasteiger partial charge in [-0.15, -0.1) is 0 Å². The minimum absolute atomic E-state index is 0.0854. The first kappa shape index (κ1) is 18.6. The molecule has 1 aromatic carbocycles. The Labute approximate surface area is 143 Å². The van der Waals surface area contributed by atoms with Gasteiger partial charge in [-0.25, -0.2) is 4.39 Å². The van der Waals surface area contributed by atoms with Crippen LogP contribution < -0.4 is 5.32 Å². The van der Waals surface area contributed by atoms with Crippen LogP contribution in [0, 0.1) is 19.7 Å². The average Bonchev–Trinajstić information content (AvgIpc) is 2.80. The first-order valence-corrected chi connectivity index (χ1v) is 8.20. The van der Waals surface area contributed by atoms with Crippen LogP contribution in [0.15, 0.2) is 24.3 Å². The van der Waals surface area contributed by atoms with E-state index in [1.54, 1.807) is 0 Å². The molecule has 6 heteroatoms. The fourth-order valence-corrected chi connectivity index (χ4v) is 2.92. The van der Waals surface area contributed by atoms with Crippen molar-refractivity contribution in [2.24, 2.45) is 0 Å². The fourth-order valence-electron chi connectivity index (χ4n) is 2.92. The quantitative estimate of drug-likeness (QED) is 0.776. The van der Waals surface area contributed by atoms with Gasteiger partial charge in [0, 0.05) is 30.4 Å². The number of benzene rings is 1. The average molecular weight is 334 g/mol. The van der Waals surface area contributed by atoms with Gasteiger partial charge in [-0.2, -0.15) is 5.10 Å². The summed E-state index contributed by atoms with van der Waals surface area (Å²) in [5.41, 5.74) is 4.31. The summed E-state index contributed by atoms with van der Waals surface area (Å²) >= 11 is 0. The number of aliphatic hydroxyl groups is 1. The number of hydrogen-bond acceptors (Lipinski definition) is 4. The van der Waals surface area contributed by atoms with Gasteiger partial charge in [0.15, 0.2) is 0 Å². The summed E-state index contributed by atoms with van der Waals surface area (Å²) < 4.78 is 15.0. The van der Waals surface area contributed by atoms with Crippen LogP contribution in [0.2, 0.25) is 0 Å². The van der Waals surface area contributed by atoms with Crippen LogP contribution >= 0.6 is 0 Å². The summed E-state index contributed by atoms with van der Waals surface area (Å²) in [5, 5.41) is 17.0. The molecule has 1 atom stereocenters. The van der Waals surface area contributed by atoms with Crippen molar-refractivity contribution in [1.82, 2.24) is 20.0 Å². The molecule has 0 saturated heterocycles. The maximum atomic E-state index is 13.1. The van der Waals surface area contributed by atoms with E-state index in [0.717, 1.165) is 23.5 Å². The molecule has 0 aliphatic heterocycles. The zero-order valence-electron chi connectivity index (χ0n) is 14.9. The number of aryl methyl sites for hydroxylation is 1. The SMILES string of the molecule is Cc1nn(CCO)c(C)c1CNC[C@@H](c1ccc(F)cc1)N(C)C. The van der Waals surface area contributed by atoms with Crippen LogP contribution in [0.5, 0.6) is 0 Å². The van der Waals surface area contributed by atoms with Gasteiger partial charge in [-0.3, -0.25) is 4.68 Å². The van der Waals surface area contributed by atoms with Crippen molar-refractivity contribution in [3.8, 4) is 0 Å². The molecule has 1 aromatic heterocycles. The van der Waals surface area contributed by atoms with Crippen molar-refractivity contribution >= 4 is 0 Å². The molecule has 0 fully saturated rings. The van der Waals surface area contributed by atoms with E-state index < -0.39 is 0 Å². The monoisotopic (exact) mass is 334 g/mol. The van der Waals surface area contributed by atoms with E-state index in [4.69, 9.17) is 5.11 Å². The van der Waals surface area contributed by atoms with Crippen LogP contribution in [-0.2, 0) is 13.1 Å². The van der Waals surface area contributed by atoms with Crippen molar-refractivity contribution in [2.45, 2.75) is 33.0 Å². The third-order valence-corrected chi connectivity index (χ3v) is 4.36. The predicted octanol–water partition coefficient (Wildman–Crippen LogP) is 2.02. The molecule has 0 radical (unpaired) electrons. The fraction of sp³-hybridized carbons (Fsp3) is 0.500. The Morgan fingerprint density at radius 3 is 2.50 bits per heavy atom. The molecular formula is C18H27FN4O. The van der Waals surface area contributed by atoms with E-state index in [9.17, 15) is 4.39 Å². The van der Waals surface area contributed by atoms with Gasteiger partial charge in [0.1, 0.15) is 5.82 Å². The number of hydrogen-bond donors (Lipinski definition) is 2. The summed E-state index contributed by atoms with van der Waals surface area (Å²) in [6.45, 7) is 6.08.